The van der Waals surface area contributed by atoms with E-state index in [1.54, 1.807) is 0 Å². The molecule has 0 saturated heterocycles. The number of rotatable bonds is 6. The highest BCUT2D eigenvalue weighted by Gasteiger charge is 2.19. The Kier molecular flexibility index (Phi) is 5.60. The molecule has 5 nitrogen and oxygen atoms in total. The van der Waals surface area contributed by atoms with Crippen LogP contribution in [0.5, 0.6) is 0 Å². The maximum absolute atomic E-state index is 14.3. The van der Waals surface area contributed by atoms with Gasteiger partial charge in [-0.1, -0.05) is 0 Å². The molecule has 0 aliphatic rings. The second-order valence-corrected chi connectivity index (χ2v) is 6.71. The van der Waals surface area contributed by atoms with Gasteiger partial charge in [0.05, 0.1) is 16.8 Å². The molecular formula is C20H20F3N3O2. The molecule has 0 aliphatic carbocycles. The second-order valence-electron chi connectivity index (χ2n) is 6.71. The Morgan fingerprint density at radius 3 is 2.50 bits per heavy atom. The lowest BCUT2D eigenvalue weighted by Gasteiger charge is -2.13. The van der Waals surface area contributed by atoms with Crippen LogP contribution in [0.2, 0.25) is 0 Å². The summed E-state index contributed by atoms with van der Waals surface area (Å²) in [4.78, 5) is 14.6. The Morgan fingerprint density at radius 1 is 1.07 bits per heavy atom. The first-order valence-electron chi connectivity index (χ1n) is 8.67. The highest BCUT2D eigenvalue weighted by Crippen LogP contribution is 2.31. The molecule has 0 atom stereocenters. The predicted molar refractivity (Wildman–Crippen MR) is 104 cm³/mol. The molecule has 2 aromatic carbocycles. The number of nitrogens with zero attached hydrogens (tertiary/aromatic N) is 1. The third kappa shape index (κ3) is 3.96. The summed E-state index contributed by atoms with van der Waals surface area (Å²) < 4.78 is 47.9. The van der Waals surface area contributed by atoms with Crippen molar-refractivity contribution >= 4 is 22.3 Å². The Labute approximate surface area is 159 Å². The molecule has 0 amide bonds. The number of halogens is 3. The van der Waals surface area contributed by atoms with Crippen molar-refractivity contribution < 1.29 is 17.6 Å². The van der Waals surface area contributed by atoms with Crippen LogP contribution in [-0.2, 0) is 0 Å². The van der Waals surface area contributed by atoms with Crippen LogP contribution in [0.15, 0.2) is 39.5 Å². The minimum Gasteiger partial charge on any atom is -0.453 e. The van der Waals surface area contributed by atoms with Crippen molar-refractivity contribution in [3.63, 3.8) is 0 Å². The molecule has 0 saturated carbocycles. The second kappa shape index (κ2) is 7.93. The molecule has 0 bridgehead atoms. The van der Waals surface area contributed by atoms with Crippen molar-refractivity contribution in [2.75, 3.05) is 38.2 Å². The molecule has 0 spiro atoms. The van der Waals surface area contributed by atoms with Crippen LogP contribution in [0.3, 0.4) is 0 Å². The average molecular weight is 391 g/mol. The van der Waals surface area contributed by atoms with Crippen LogP contribution in [0.25, 0.3) is 22.3 Å². The van der Waals surface area contributed by atoms with Crippen LogP contribution >= 0.6 is 0 Å². The quantitative estimate of drug-likeness (QED) is 0.494. The van der Waals surface area contributed by atoms with Crippen molar-refractivity contribution in [2.45, 2.75) is 6.42 Å². The fraction of sp³-hybridized carbons (Fsp3) is 0.250. The molecule has 0 fully saturated rings. The zero-order chi connectivity index (χ0) is 20.4. The molecule has 0 radical (unpaired) electrons. The van der Waals surface area contributed by atoms with Gasteiger partial charge in [0.25, 0.3) is 0 Å². The van der Waals surface area contributed by atoms with E-state index in [1.165, 1.54) is 12.1 Å². The van der Waals surface area contributed by atoms with Gasteiger partial charge < -0.3 is 20.4 Å². The Hall–Kier alpha value is -3.00. The molecule has 0 aliphatic heterocycles. The predicted octanol–water partition coefficient (Wildman–Crippen LogP) is 3.82. The smallest absolute Gasteiger partial charge is 0.195 e. The van der Waals surface area contributed by atoms with E-state index in [9.17, 15) is 18.0 Å². The van der Waals surface area contributed by atoms with Crippen molar-refractivity contribution in [3.8, 4) is 11.3 Å². The first-order valence-corrected chi connectivity index (χ1v) is 8.67. The van der Waals surface area contributed by atoms with Gasteiger partial charge in [0.15, 0.2) is 16.8 Å². The number of nitrogens with one attached hydrogen (secondary N) is 1. The normalized spacial score (nSPS) is 11.4. The molecule has 148 valence electrons. The summed E-state index contributed by atoms with van der Waals surface area (Å²) in [5.41, 5.74) is 4.45. The molecule has 1 heterocycles. The Bertz CT molecular complexity index is 1080. The van der Waals surface area contributed by atoms with E-state index in [0.717, 1.165) is 18.7 Å². The van der Waals surface area contributed by atoms with Gasteiger partial charge in [-0.2, -0.15) is 0 Å². The van der Waals surface area contributed by atoms with Crippen molar-refractivity contribution in [1.29, 1.82) is 0 Å². The molecule has 3 aromatic rings. The molecular weight excluding hydrogens is 371 g/mol. The summed E-state index contributed by atoms with van der Waals surface area (Å²) in [7, 11) is 3.81. The van der Waals surface area contributed by atoms with Crippen LogP contribution < -0.4 is 16.5 Å². The van der Waals surface area contributed by atoms with Crippen molar-refractivity contribution in [3.05, 3.63) is 58.0 Å². The van der Waals surface area contributed by atoms with Gasteiger partial charge in [-0.05, 0) is 45.3 Å². The summed E-state index contributed by atoms with van der Waals surface area (Å²) in [6.07, 6.45) is 0.694. The number of benzene rings is 2. The summed E-state index contributed by atoms with van der Waals surface area (Å²) in [5.74, 6) is -2.63. The van der Waals surface area contributed by atoms with E-state index < -0.39 is 28.5 Å². The molecule has 8 heteroatoms. The summed E-state index contributed by atoms with van der Waals surface area (Å²) >= 11 is 0. The van der Waals surface area contributed by atoms with E-state index in [4.69, 9.17) is 10.2 Å². The third-order valence-corrected chi connectivity index (χ3v) is 4.28. The number of anilines is 2. The van der Waals surface area contributed by atoms with Crippen LogP contribution in [-0.4, -0.2) is 32.1 Å². The monoisotopic (exact) mass is 391 g/mol. The highest BCUT2D eigenvalue weighted by atomic mass is 19.1. The van der Waals surface area contributed by atoms with E-state index in [-0.39, 0.29) is 28.1 Å². The molecule has 1 aromatic heterocycles. The fourth-order valence-electron chi connectivity index (χ4n) is 2.87. The Balaban J connectivity index is 2.07. The number of fused-ring (bicyclic) bond motifs is 1. The number of nitrogen functional groups attached to an aromatic ring is 1. The van der Waals surface area contributed by atoms with Gasteiger partial charge in [-0.25, -0.2) is 13.2 Å². The number of hydrogen-bond donors (Lipinski definition) is 2. The van der Waals surface area contributed by atoms with Gasteiger partial charge in [0.1, 0.15) is 17.4 Å². The van der Waals surface area contributed by atoms with Gasteiger partial charge in [0.2, 0.25) is 0 Å². The topological polar surface area (TPSA) is 71.5 Å². The lowest BCUT2D eigenvalue weighted by Crippen LogP contribution is -2.17. The van der Waals surface area contributed by atoms with E-state index >= 15 is 0 Å². The van der Waals surface area contributed by atoms with Gasteiger partial charge in [-0.15, -0.1) is 0 Å². The van der Waals surface area contributed by atoms with E-state index in [2.05, 4.69) is 5.32 Å². The fourth-order valence-corrected chi connectivity index (χ4v) is 2.87. The summed E-state index contributed by atoms with van der Waals surface area (Å²) in [5, 5.41) is 2.63. The molecule has 28 heavy (non-hydrogen) atoms. The summed E-state index contributed by atoms with van der Waals surface area (Å²) in [6.45, 7) is 1.15. The lowest BCUT2D eigenvalue weighted by molar-refractivity contribution is 0.405. The average Bonchev–Trinajstić information content (AvgIpc) is 2.63. The van der Waals surface area contributed by atoms with Crippen LogP contribution in [0.4, 0.5) is 24.5 Å². The van der Waals surface area contributed by atoms with E-state index in [1.807, 2.05) is 19.0 Å². The van der Waals surface area contributed by atoms with Gasteiger partial charge >= 0.3 is 0 Å². The van der Waals surface area contributed by atoms with Crippen LogP contribution in [0.1, 0.15) is 6.42 Å². The minimum absolute atomic E-state index is 0.0412. The maximum Gasteiger partial charge on any atom is 0.195 e. The van der Waals surface area contributed by atoms with Gasteiger partial charge in [-0.3, -0.25) is 4.79 Å². The lowest BCUT2D eigenvalue weighted by atomic mass is 10.1. The molecule has 3 N–H and O–H groups in total. The van der Waals surface area contributed by atoms with Crippen LogP contribution in [0, 0.1) is 17.5 Å². The van der Waals surface area contributed by atoms with Gasteiger partial charge in [0, 0.05) is 24.2 Å². The largest absolute Gasteiger partial charge is 0.453 e. The molecule has 3 rings (SSSR count). The highest BCUT2D eigenvalue weighted by molar-refractivity contribution is 5.91. The van der Waals surface area contributed by atoms with Crippen molar-refractivity contribution in [1.82, 2.24) is 4.90 Å². The van der Waals surface area contributed by atoms with E-state index in [0.29, 0.717) is 19.0 Å². The summed E-state index contributed by atoms with van der Waals surface area (Å²) in [6, 6.07) is 5.59. The first-order chi connectivity index (χ1) is 13.3. The maximum atomic E-state index is 14.3. The zero-order valence-electron chi connectivity index (χ0n) is 15.5. The standard InChI is InChI=1S/C20H20F3N3O2/c1-26(2)7-3-6-25-19-13(22)9-14(23)20-18(19)16(27)10-17(28-20)11-4-5-15(24)12(21)8-11/h4-5,8-10,25H,3,6-7,24H2,1-2H3. The molecule has 0 unspecified atom stereocenters. The van der Waals surface area contributed by atoms with Crippen molar-refractivity contribution in [2.24, 2.45) is 0 Å². The zero-order valence-corrected chi connectivity index (χ0v) is 15.5. The number of nitrogens with two attached hydrogens (primary N) is 1. The third-order valence-electron chi connectivity index (χ3n) is 4.28. The minimum atomic E-state index is -1.01. The number of hydrogen-bond acceptors (Lipinski definition) is 5. The Morgan fingerprint density at radius 2 is 1.82 bits per heavy atom. The first kappa shape index (κ1) is 19.8. The SMILES string of the molecule is CN(C)CCCNc1c(F)cc(F)c2oc(-c3ccc(N)c(F)c3)cc(=O)c12.